The summed E-state index contributed by atoms with van der Waals surface area (Å²) in [6.45, 7) is 2.42. The molecule has 10 heteroatoms. The summed E-state index contributed by atoms with van der Waals surface area (Å²) >= 11 is 9.10. The summed E-state index contributed by atoms with van der Waals surface area (Å²) in [5, 5.41) is 23.3. The molecule has 1 aliphatic heterocycles. The molecule has 1 atom stereocenters. The highest BCUT2D eigenvalue weighted by Gasteiger charge is 2.48. The van der Waals surface area contributed by atoms with E-state index >= 15 is 0 Å². The minimum absolute atomic E-state index is 0.0593. The van der Waals surface area contributed by atoms with Crippen LogP contribution in [0.25, 0.3) is 16.5 Å². The fraction of sp³-hybridized carbons (Fsp3) is 0.105. The van der Waals surface area contributed by atoms with Gasteiger partial charge in [-0.15, -0.1) is 10.2 Å². The van der Waals surface area contributed by atoms with Crippen molar-refractivity contribution in [1.82, 2.24) is 10.2 Å². The molecule has 7 rings (SSSR count). The van der Waals surface area contributed by atoms with Gasteiger partial charge in [0, 0.05) is 16.3 Å². The Kier molecular flexibility index (Phi) is 8.99. The predicted octanol–water partition coefficient (Wildman–Crippen LogP) is 9.15. The summed E-state index contributed by atoms with van der Waals surface area (Å²) in [6, 6.07) is 35.1. The topological polar surface area (TPSA) is 92.6 Å². The van der Waals surface area contributed by atoms with Crippen LogP contribution in [-0.2, 0) is 21.9 Å². The van der Waals surface area contributed by atoms with Gasteiger partial charge in [-0.05, 0) is 76.3 Å². The third-order valence-corrected chi connectivity index (χ3v) is 10.6. The highest BCUT2D eigenvalue weighted by molar-refractivity contribution is 8.00. The quantitative estimate of drug-likeness (QED) is 0.0532. The minimum atomic E-state index is -0.968. The lowest BCUT2D eigenvalue weighted by atomic mass is 9.95. The van der Waals surface area contributed by atoms with Crippen LogP contribution in [0.1, 0.15) is 33.9 Å². The van der Waals surface area contributed by atoms with Crippen molar-refractivity contribution in [3.63, 3.8) is 0 Å². The molecular formula is C38H28ClN3O4S2. The number of aliphatic hydroxyl groups excluding tert-OH is 1. The van der Waals surface area contributed by atoms with Crippen LogP contribution in [0.2, 0.25) is 5.02 Å². The van der Waals surface area contributed by atoms with Crippen molar-refractivity contribution in [2.45, 2.75) is 29.7 Å². The Hall–Kier alpha value is -4.96. The second-order valence-corrected chi connectivity index (χ2v) is 13.9. The van der Waals surface area contributed by atoms with Gasteiger partial charge < -0.3 is 9.84 Å². The van der Waals surface area contributed by atoms with Crippen molar-refractivity contribution in [3.05, 3.63) is 154 Å². The van der Waals surface area contributed by atoms with E-state index in [1.165, 1.54) is 28.0 Å². The van der Waals surface area contributed by atoms with Gasteiger partial charge in [0.15, 0.2) is 4.34 Å². The first-order valence-corrected chi connectivity index (χ1v) is 17.3. The first-order chi connectivity index (χ1) is 23.4. The van der Waals surface area contributed by atoms with Crippen molar-refractivity contribution >= 4 is 68.1 Å². The van der Waals surface area contributed by atoms with Gasteiger partial charge in [-0.2, -0.15) is 0 Å². The number of aromatic nitrogens is 2. The van der Waals surface area contributed by atoms with Gasteiger partial charge in [0.1, 0.15) is 18.1 Å². The Morgan fingerprint density at radius 3 is 2.44 bits per heavy atom. The molecule has 1 N–H and O–H groups in total. The number of carbonyl (C=O) groups excluding carboxylic acids is 2. The maximum Gasteiger partial charge on any atom is 0.301 e. The zero-order valence-electron chi connectivity index (χ0n) is 25.7. The zero-order chi connectivity index (χ0) is 33.2. The fourth-order valence-electron chi connectivity index (χ4n) is 5.74. The number of Topliss-reactive ketones (excluding diaryl/α,β-unsaturated/α-hetero) is 1. The van der Waals surface area contributed by atoms with Crippen LogP contribution in [0.3, 0.4) is 0 Å². The number of benzene rings is 5. The van der Waals surface area contributed by atoms with Crippen LogP contribution in [0.15, 0.2) is 125 Å². The van der Waals surface area contributed by atoms with E-state index in [0.29, 0.717) is 38.6 Å². The van der Waals surface area contributed by atoms with Crippen LogP contribution in [0, 0.1) is 6.92 Å². The molecule has 6 aromatic rings. The molecule has 5 aromatic carbocycles. The van der Waals surface area contributed by atoms with Gasteiger partial charge in [-0.1, -0.05) is 114 Å². The molecule has 1 unspecified atom stereocenters. The SMILES string of the molecule is Cc1ccccc1COc1ccc(C(O)=C2C(=O)C(=O)N(c3nnc(SCc4cccc5ccccc45)s3)C2c2cccc(Cl)c2)cc1. The maximum absolute atomic E-state index is 13.7. The molecule has 0 radical (unpaired) electrons. The van der Waals surface area contributed by atoms with Gasteiger partial charge in [0.05, 0.1) is 11.6 Å². The number of amides is 1. The summed E-state index contributed by atoms with van der Waals surface area (Å²) < 4.78 is 6.61. The van der Waals surface area contributed by atoms with E-state index in [4.69, 9.17) is 16.3 Å². The number of hydrogen-bond donors (Lipinski definition) is 1. The van der Waals surface area contributed by atoms with Gasteiger partial charge >= 0.3 is 5.91 Å². The number of thioether (sulfide) groups is 1. The Balaban J connectivity index is 1.18. The van der Waals surface area contributed by atoms with Crippen molar-refractivity contribution in [2.75, 3.05) is 4.90 Å². The smallest absolute Gasteiger partial charge is 0.301 e. The van der Waals surface area contributed by atoms with E-state index in [0.717, 1.165) is 27.5 Å². The molecule has 2 heterocycles. The van der Waals surface area contributed by atoms with Gasteiger partial charge in [-0.25, -0.2) is 0 Å². The van der Waals surface area contributed by atoms with E-state index in [9.17, 15) is 14.7 Å². The molecule has 238 valence electrons. The predicted molar refractivity (Wildman–Crippen MR) is 192 cm³/mol. The Bertz CT molecular complexity index is 2190. The van der Waals surface area contributed by atoms with Crippen molar-refractivity contribution in [2.24, 2.45) is 0 Å². The number of halogens is 1. The first kappa shape index (κ1) is 31.6. The lowest BCUT2D eigenvalue weighted by Gasteiger charge is -2.22. The highest BCUT2D eigenvalue weighted by Crippen LogP contribution is 2.44. The van der Waals surface area contributed by atoms with Crippen LogP contribution >= 0.6 is 34.7 Å². The van der Waals surface area contributed by atoms with Crippen LogP contribution < -0.4 is 9.64 Å². The van der Waals surface area contributed by atoms with Crippen LogP contribution in [0.4, 0.5) is 5.13 Å². The fourth-order valence-corrected chi connectivity index (χ4v) is 7.81. The average Bonchev–Trinajstić information content (AvgIpc) is 3.68. The molecule has 1 aliphatic rings. The minimum Gasteiger partial charge on any atom is -0.507 e. The van der Waals surface area contributed by atoms with Crippen LogP contribution in [0.5, 0.6) is 5.75 Å². The molecule has 1 amide bonds. The van der Waals surface area contributed by atoms with Gasteiger partial charge in [-0.3, -0.25) is 14.5 Å². The van der Waals surface area contributed by atoms with E-state index in [1.807, 2.05) is 49.4 Å². The molecule has 7 nitrogen and oxygen atoms in total. The molecule has 48 heavy (non-hydrogen) atoms. The summed E-state index contributed by atoms with van der Waals surface area (Å²) in [5.74, 6) is -0.679. The number of fused-ring (bicyclic) bond motifs is 1. The zero-order valence-corrected chi connectivity index (χ0v) is 28.1. The first-order valence-electron chi connectivity index (χ1n) is 15.1. The molecule has 0 spiro atoms. The highest BCUT2D eigenvalue weighted by atomic mass is 35.5. The number of rotatable bonds is 9. The van der Waals surface area contributed by atoms with E-state index in [1.54, 1.807) is 48.5 Å². The molecule has 0 bridgehead atoms. The Labute approximate surface area is 290 Å². The summed E-state index contributed by atoms with van der Waals surface area (Å²) in [4.78, 5) is 28.6. The molecular weight excluding hydrogens is 662 g/mol. The number of ether oxygens (including phenoxy) is 1. The van der Waals surface area contributed by atoms with E-state index in [2.05, 4.69) is 34.5 Å². The Morgan fingerprint density at radius 1 is 0.896 bits per heavy atom. The number of hydrogen-bond acceptors (Lipinski definition) is 8. The summed E-state index contributed by atoms with van der Waals surface area (Å²) in [6.07, 6.45) is 0. The van der Waals surface area contributed by atoms with Crippen molar-refractivity contribution < 1.29 is 19.4 Å². The van der Waals surface area contributed by atoms with Crippen molar-refractivity contribution in [1.29, 1.82) is 0 Å². The Morgan fingerprint density at radius 2 is 1.62 bits per heavy atom. The number of nitrogens with zero attached hydrogens (tertiary/aromatic N) is 3. The number of anilines is 1. The van der Waals surface area contributed by atoms with Gasteiger partial charge in [0.25, 0.3) is 5.78 Å². The molecule has 0 saturated carbocycles. The number of aliphatic hydroxyl groups is 1. The second-order valence-electron chi connectivity index (χ2n) is 11.2. The van der Waals surface area contributed by atoms with Gasteiger partial charge in [0.2, 0.25) is 5.13 Å². The largest absolute Gasteiger partial charge is 0.507 e. The summed E-state index contributed by atoms with van der Waals surface area (Å²) in [7, 11) is 0. The van der Waals surface area contributed by atoms with E-state index in [-0.39, 0.29) is 16.5 Å². The van der Waals surface area contributed by atoms with Crippen LogP contribution in [-0.4, -0.2) is 27.0 Å². The lowest BCUT2D eigenvalue weighted by molar-refractivity contribution is -0.132. The molecule has 0 aliphatic carbocycles. The maximum atomic E-state index is 13.7. The molecule has 1 saturated heterocycles. The number of ketones is 1. The third-order valence-electron chi connectivity index (χ3n) is 8.23. The third kappa shape index (κ3) is 6.32. The average molecular weight is 690 g/mol. The second kappa shape index (κ2) is 13.6. The standard InChI is InChI=1S/C38H28ClN3O4S2/c1-23-8-2-3-10-27(23)21-46-30-18-16-25(17-19-30)34(43)32-33(26-12-7-14-29(39)20-26)42(36(45)35(32)44)37-40-41-38(48-37)47-22-28-13-6-11-24-9-4-5-15-31(24)28/h2-20,33,43H,21-22H2,1H3. The lowest BCUT2D eigenvalue weighted by Crippen LogP contribution is -2.29. The molecule has 1 fully saturated rings. The molecule has 1 aromatic heterocycles. The normalized spacial score (nSPS) is 15.7. The van der Waals surface area contributed by atoms with Crippen molar-refractivity contribution in [3.8, 4) is 5.75 Å². The number of aryl methyl sites for hydroxylation is 1. The van der Waals surface area contributed by atoms with E-state index < -0.39 is 17.7 Å². The summed E-state index contributed by atoms with van der Waals surface area (Å²) in [5.41, 5.74) is 4.21. The number of carbonyl (C=O) groups is 2. The monoisotopic (exact) mass is 689 g/mol.